The summed E-state index contributed by atoms with van der Waals surface area (Å²) in [7, 11) is 0. The number of halogens is 3. The van der Waals surface area contributed by atoms with Crippen molar-refractivity contribution in [2.75, 3.05) is 6.54 Å². The Hall–Kier alpha value is -0.0600. The topological polar surface area (TPSA) is 50.9 Å². The van der Waals surface area contributed by atoms with Crippen molar-refractivity contribution in [1.29, 1.82) is 0 Å². The van der Waals surface area contributed by atoms with Crippen molar-refractivity contribution < 1.29 is 0 Å². The van der Waals surface area contributed by atoms with Crippen LogP contribution >= 0.6 is 37.2 Å². The van der Waals surface area contributed by atoms with Gasteiger partial charge in [-0.25, -0.2) is 0 Å². The van der Waals surface area contributed by atoms with Crippen LogP contribution in [0.5, 0.6) is 0 Å². The fourth-order valence-corrected chi connectivity index (χ4v) is 2.01. The summed E-state index contributed by atoms with van der Waals surface area (Å²) in [5, 5.41) is 3.43. The second-order valence-electron chi connectivity index (χ2n) is 3.93. The van der Waals surface area contributed by atoms with Gasteiger partial charge in [-0.1, -0.05) is 6.07 Å². The van der Waals surface area contributed by atoms with Crippen molar-refractivity contribution in [3.05, 3.63) is 30.1 Å². The molecule has 0 saturated carbocycles. The van der Waals surface area contributed by atoms with Crippen molar-refractivity contribution in [1.82, 2.24) is 10.3 Å². The van der Waals surface area contributed by atoms with Crippen LogP contribution in [0, 0.1) is 0 Å². The lowest BCUT2D eigenvalue weighted by Crippen LogP contribution is -2.42. The molecule has 2 heterocycles. The average Bonchev–Trinajstić information content (AvgIpc) is 2.72. The molecular formula is C11H20Cl3N3. The summed E-state index contributed by atoms with van der Waals surface area (Å²) in [6, 6.07) is 4.77. The highest BCUT2D eigenvalue weighted by molar-refractivity contribution is 5.86. The van der Waals surface area contributed by atoms with Crippen LogP contribution in [0.1, 0.15) is 18.4 Å². The summed E-state index contributed by atoms with van der Waals surface area (Å²) < 4.78 is 0. The molecule has 0 bridgehead atoms. The molecule has 2 atom stereocenters. The Kier molecular flexibility index (Phi) is 11.3. The van der Waals surface area contributed by atoms with Crippen molar-refractivity contribution in [3.8, 4) is 0 Å². The Morgan fingerprint density at radius 3 is 2.71 bits per heavy atom. The highest BCUT2D eigenvalue weighted by Gasteiger charge is 2.21. The minimum atomic E-state index is 0. The second kappa shape index (κ2) is 9.92. The van der Waals surface area contributed by atoms with Gasteiger partial charge in [0.25, 0.3) is 0 Å². The first-order valence-corrected chi connectivity index (χ1v) is 5.24. The third kappa shape index (κ3) is 5.89. The van der Waals surface area contributed by atoms with Crippen molar-refractivity contribution in [3.63, 3.8) is 0 Å². The van der Waals surface area contributed by atoms with Gasteiger partial charge in [0.15, 0.2) is 0 Å². The van der Waals surface area contributed by atoms with Gasteiger partial charge >= 0.3 is 0 Å². The summed E-state index contributed by atoms with van der Waals surface area (Å²) in [6.45, 7) is 1.12. The molecule has 0 aliphatic carbocycles. The smallest absolute Gasteiger partial charge is 0.0300 e. The first kappa shape index (κ1) is 19.3. The number of aromatic nitrogens is 1. The van der Waals surface area contributed by atoms with E-state index in [-0.39, 0.29) is 43.3 Å². The van der Waals surface area contributed by atoms with E-state index in [9.17, 15) is 0 Å². The molecule has 0 radical (unpaired) electrons. The van der Waals surface area contributed by atoms with Gasteiger partial charge in [0.05, 0.1) is 0 Å². The molecule has 1 aliphatic rings. The molecule has 3 N–H and O–H groups in total. The van der Waals surface area contributed by atoms with Crippen LogP contribution in [0.25, 0.3) is 0 Å². The normalized spacial score (nSPS) is 19.5. The van der Waals surface area contributed by atoms with E-state index in [0.717, 1.165) is 13.0 Å². The van der Waals surface area contributed by atoms with E-state index >= 15 is 0 Å². The third-order valence-corrected chi connectivity index (χ3v) is 2.81. The number of nitrogens with one attached hydrogen (secondary N) is 1. The molecule has 100 valence electrons. The zero-order valence-electron chi connectivity index (χ0n) is 9.54. The lowest BCUT2D eigenvalue weighted by molar-refractivity contribution is 0.481. The molecule has 2 rings (SSSR count). The minimum absolute atomic E-state index is 0. The van der Waals surface area contributed by atoms with Gasteiger partial charge in [-0.3, -0.25) is 4.98 Å². The third-order valence-electron chi connectivity index (χ3n) is 2.81. The van der Waals surface area contributed by atoms with E-state index in [0.29, 0.717) is 6.04 Å². The van der Waals surface area contributed by atoms with Crippen LogP contribution in [0.15, 0.2) is 24.5 Å². The predicted octanol–water partition coefficient (Wildman–Crippen LogP) is 1.97. The Labute approximate surface area is 121 Å². The van der Waals surface area contributed by atoms with Gasteiger partial charge in [-0.2, -0.15) is 0 Å². The maximum Gasteiger partial charge on any atom is 0.0300 e. The first-order chi connectivity index (χ1) is 6.86. The molecule has 1 aromatic rings. The van der Waals surface area contributed by atoms with Gasteiger partial charge in [-0.15, -0.1) is 37.2 Å². The van der Waals surface area contributed by atoms with Gasteiger partial charge in [0.2, 0.25) is 0 Å². The summed E-state index contributed by atoms with van der Waals surface area (Å²) in [4.78, 5) is 4.09. The van der Waals surface area contributed by atoms with E-state index in [4.69, 9.17) is 5.73 Å². The van der Waals surface area contributed by atoms with Crippen molar-refractivity contribution in [2.45, 2.75) is 31.3 Å². The number of nitrogens with two attached hydrogens (primary N) is 1. The van der Waals surface area contributed by atoms with E-state index < -0.39 is 0 Å². The Bertz CT molecular complexity index is 279. The molecule has 1 saturated heterocycles. The average molecular weight is 301 g/mol. The number of nitrogens with zero attached hydrogens (tertiary/aromatic N) is 1. The highest BCUT2D eigenvalue weighted by Crippen LogP contribution is 2.11. The summed E-state index contributed by atoms with van der Waals surface area (Å²) in [5.41, 5.74) is 7.35. The van der Waals surface area contributed by atoms with E-state index in [1.165, 1.54) is 18.4 Å². The molecule has 0 aromatic carbocycles. The SMILES string of the molecule is Cl.Cl.Cl.NC(Cc1cccnc1)C1CCCN1. The molecule has 0 amide bonds. The summed E-state index contributed by atoms with van der Waals surface area (Å²) in [5.74, 6) is 0. The minimum Gasteiger partial charge on any atom is -0.326 e. The predicted molar refractivity (Wildman–Crippen MR) is 78.7 cm³/mol. The van der Waals surface area contributed by atoms with Crippen LogP contribution in [0.4, 0.5) is 0 Å². The molecule has 1 aliphatic heterocycles. The first-order valence-electron chi connectivity index (χ1n) is 5.24. The molecular weight excluding hydrogens is 281 g/mol. The van der Waals surface area contributed by atoms with Crippen molar-refractivity contribution >= 4 is 37.2 Å². The standard InChI is InChI=1S/C11H17N3.3ClH/c12-10(11-4-2-6-14-11)7-9-3-1-5-13-8-9;;;/h1,3,5,8,10-11,14H,2,4,6-7,12H2;3*1H. The summed E-state index contributed by atoms with van der Waals surface area (Å²) >= 11 is 0. The summed E-state index contributed by atoms with van der Waals surface area (Å²) in [6.07, 6.45) is 7.08. The van der Waals surface area contributed by atoms with Gasteiger partial charge < -0.3 is 11.1 Å². The van der Waals surface area contributed by atoms with Crippen LogP contribution in [-0.4, -0.2) is 23.6 Å². The quantitative estimate of drug-likeness (QED) is 0.897. The second-order valence-corrected chi connectivity index (χ2v) is 3.93. The van der Waals surface area contributed by atoms with E-state index in [1.807, 2.05) is 12.3 Å². The van der Waals surface area contributed by atoms with Crippen LogP contribution in [0.2, 0.25) is 0 Å². The lowest BCUT2D eigenvalue weighted by Gasteiger charge is -2.18. The maximum atomic E-state index is 6.12. The van der Waals surface area contributed by atoms with Crippen molar-refractivity contribution in [2.24, 2.45) is 5.73 Å². The zero-order valence-corrected chi connectivity index (χ0v) is 12.0. The van der Waals surface area contributed by atoms with E-state index in [1.54, 1.807) is 6.20 Å². The Morgan fingerprint density at radius 1 is 1.41 bits per heavy atom. The number of rotatable bonds is 3. The number of pyridine rings is 1. The zero-order chi connectivity index (χ0) is 9.80. The van der Waals surface area contributed by atoms with Gasteiger partial charge in [-0.05, 0) is 37.4 Å². The molecule has 1 aromatic heterocycles. The van der Waals surface area contributed by atoms with Crippen LogP contribution in [-0.2, 0) is 6.42 Å². The van der Waals surface area contributed by atoms with Gasteiger partial charge in [0.1, 0.15) is 0 Å². The Morgan fingerprint density at radius 2 is 2.18 bits per heavy atom. The molecule has 0 spiro atoms. The van der Waals surface area contributed by atoms with Gasteiger partial charge in [0, 0.05) is 24.5 Å². The van der Waals surface area contributed by atoms with Crippen LogP contribution < -0.4 is 11.1 Å². The highest BCUT2D eigenvalue weighted by atomic mass is 35.5. The fraction of sp³-hybridized carbons (Fsp3) is 0.545. The fourth-order valence-electron chi connectivity index (χ4n) is 2.01. The molecule has 6 heteroatoms. The molecule has 1 fully saturated rings. The number of hydrogen-bond donors (Lipinski definition) is 2. The largest absolute Gasteiger partial charge is 0.326 e. The lowest BCUT2D eigenvalue weighted by atomic mass is 10.0. The van der Waals surface area contributed by atoms with Crippen LogP contribution in [0.3, 0.4) is 0 Å². The molecule has 17 heavy (non-hydrogen) atoms. The monoisotopic (exact) mass is 299 g/mol. The van der Waals surface area contributed by atoms with E-state index in [2.05, 4.69) is 16.4 Å². The molecule has 3 nitrogen and oxygen atoms in total. The Balaban J connectivity index is 0. The number of hydrogen-bond acceptors (Lipinski definition) is 3. The maximum absolute atomic E-state index is 6.12. The molecule has 2 unspecified atom stereocenters.